The predicted octanol–water partition coefficient (Wildman–Crippen LogP) is 2.78. The van der Waals surface area contributed by atoms with Crippen LogP contribution in [0, 0.1) is 11.6 Å². The summed E-state index contributed by atoms with van der Waals surface area (Å²) in [6.45, 7) is 2.18. The number of imidazole rings is 1. The molecule has 2 aromatic carbocycles. The summed E-state index contributed by atoms with van der Waals surface area (Å²) in [5, 5.41) is 5.59. The largest absolute Gasteiger partial charge is 0.350 e. The van der Waals surface area contributed by atoms with E-state index in [1.807, 2.05) is 0 Å². The van der Waals surface area contributed by atoms with Crippen molar-refractivity contribution in [2.45, 2.75) is 51.0 Å². The van der Waals surface area contributed by atoms with E-state index in [4.69, 9.17) is 0 Å². The first-order chi connectivity index (χ1) is 17.3. The maximum absolute atomic E-state index is 13.6. The van der Waals surface area contributed by atoms with E-state index in [9.17, 15) is 23.2 Å². The number of nitrogens with one attached hydrogen (secondary N) is 2. The summed E-state index contributed by atoms with van der Waals surface area (Å²) >= 11 is 0. The van der Waals surface area contributed by atoms with E-state index in [1.165, 1.54) is 30.6 Å². The molecule has 186 valence electrons. The molecule has 1 saturated carbocycles. The molecule has 2 heterocycles. The Morgan fingerprint density at radius 3 is 2.08 bits per heavy atom. The minimum absolute atomic E-state index is 0.0125. The second kappa shape index (κ2) is 9.18. The summed E-state index contributed by atoms with van der Waals surface area (Å²) in [7, 11) is 0. The van der Waals surface area contributed by atoms with Crippen LogP contribution in [0.15, 0.2) is 54.9 Å². The number of rotatable bonds is 7. The predicted molar refractivity (Wildman–Crippen MR) is 126 cm³/mol. The van der Waals surface area contributed by atoms with Crippen LogP contribution in [-0.2, 0) is 24.4 Å². The molecular formula is C26H25F2N5O3. The molecule has 1 atom stereocenters. The van der Waals surface area contributed by atoms with Gasteiger partial charge in [0.25, 0.3) is 11.8 Å². The zero-order valence-electron chi connectivity index (χ0n) is 19.6. The second-order valence-electron chi connectivity index (χ2n) is 9.37. The number of nitrogens with zero attached hydrogens (tertiary/aromatic N) is 3. The first kappa shape index (κ1) is 23.7. The van der Waals surface area contributed by atoms with Crippen molar-refractivity contribution in [3.63, 3.8) is 0 Å². The first-order valence-corrected chi connectivity index (χ1v) is 11.7. The van der Waals surface area contributed by atoms with Gasteiger partial charge in [0.2, 0.25) is 5.91 Å². The molecule has 1 aliphatic heterocycles. The lowest BCUT2D eigenvalue weighted by Crippen LogP contribution is -2.64. The Labute approximate surface area is 206 Å². The van der Waals surface area contributed by atoms with Gasteiger partial charge in [-0.3, -0.25) is 14.4 Å². The van der Waals surface area contributed by atoms with Gasteiger partial charge < -0.3 is 20.1 Å². The highest BCUT2D eigenvalue weighted by molar-refractivity contribution is 6.07. The van der Waals surface area contributed by atoms with Crippen LogP contribution < -0.4 is 10.6 Å². The van der Waals surface area contributed by atoms with Crippen LogP contribution >= 0.6 is 0 Å². The number of fused-ring (bicyclic) bond motifs is 1. The zero-order chi connectivity index (χ0) is 25.4. The van der Waals surface area contributed by atoms with E-state index in [2.05, 4.69) is 15.6 Å². The first-order valence-electron chi connectivity index (χ1n) is 11.7. The molecule has 8 nitrogen and oxygen atoms in total. The molecule has 0 unspecified atom stereocenters. The van der Waals surface area contributed by atoms with Gasteiger partial charge in [0, 0.05) is 19.1 Å². The smallest absolute Gasteiger partial charge is 0.274 e. The molecule has 1 aromatic heterocycles. The molecule has 3 aromatic rings. The number of carbonyl (C=O) groups is 3. The fourth-order valence-corrected chi connectivity index (χ4v) is 4.56. The van der Waals surface area contributed by atoms with Crippen molar-refractivity contribution in [1.82, 2.24) is 25.1 Å². The minimum Gasteiger partial charge on any atom is -0.350 e. The lowest BCUT2D eigenvalue weighted by molar-refractivity contribution is -0.133. The van der Waals surface area contributed by atoms with Crippen LogP contribution in [0.2, 0.25) is 0 Å². The summed E-state index contributed by atoms with van der Waals surface area (Å²) in [6.07, 6.45) is 2.94. The quantitative estimate of drug-likeness (QED) is 0.529. The van der Waals surface area contributed by atoms with Crippen molar-refractivity contribution in [2.75, 3.05) is 0 Å². The number of carbonyl (C=O) groups excluding carboxylic acids is 3. The summed E-state index contributed by atoms with van der Waals surface area (Å²) in [4.78, 5) is 45.7. The van der Waals surface area contributed by atoms with Crippen LogP contribution in [-0.4, -0.2) is 43.8 Å². The molecule has 5 rings (SSSR count). The van der Waals surface area contributed by atoms with E-state index < -0.39 is 17.4 Å². The maximum atomic E-state index is 13.6. The van der Waals surface area contributed by atoms with Gasteiger partial charge in [0.1, 0.15) is 22.9 Å². The Morgan fingerprint density at radius 2 is 1.53 bits per heavy atom. The van der Waals surface area contributed by atoms with Gasteiger partial charge in [-0.1, -0.05) is 24.3 Å². The molecule has 2 aliphatic rings. The Kier molecular flexibility index (Phi) is 6.03. The monoisotopic (exact) mass is 493 g/mol. The fraction of sp³-hybridized carbons (Fsp3) is 0.308. The molecule has 0 saturated heterocycles. The van der Waals surface area contributed by atoms with E-state index in [-0.39, 0.29) is 54.6 Å². The van der Waals surface area contributed by atoms with Crippen molar-refractivity contribution in [3.8, 4) is 0 Å². The molecule has 3 amide bonds. The van der Waals surface area contributed by atoms with Crippen LogP contribution in [0.5, 0.6) is 0 Å². The Bertz CT molecular complexity index is 1320. The lowest BCUT2D eigenvalue weighted by atomic mass is 9.93. The SMILES string of the molecule is C[C@]1(C(=O)NCc2ccc(F)cc2)Cn2cnc(C(=O)NCc3ccc(F)cc3)c2C(=O)N1C1CC1. The summed E-state index contributed by atoms with van der Waals surface area (Å²) < 4.78 is 27.9. The third-order valence-corrected chi connectivity index (χ3v) is 6.62. The molecule has 36 heavy (non-hydrogen) atoms. The number of hydrogen-bond acceptors (Lipinski definition) is 4. The van der Waals surface area contributed by atoms with E-state index in [1.54, 1.807) is 40.7 Å². The third-order valence-electron chi connectivity index (χ3n) is 6.62. The number of aromatic nitrogens is 2. The zero-order valence-corrected chi connectivity index (χ0v) is 19.6. The number of benzene rings is 2. The summed E-state index contributed by atoms with van der Waals surface area (Å²) in [5.74, 6) is -2.02. The Hall–Kier alpha value is -4.08. The van der Waals surface area contributed by atoms with Gasteiger partial charge in [-0.25, -0.2) is 13.8 Å². The highest BCUT2D eigenvalue weighted by atomic mass is 19.1. The molecule has 0 radical (unpaired) electrons. The van der Waals surface area contributed by atoms with Crippen molar-refractivity contribution in [1.29, 1.82) is 0 Å². The summed E-state index contributed by atoms with van der Waals surface area (Å²) in [5.41, 5.74) is 0.378. The van der Waals surface area contributed by atoms with E-state index in [0.717, 1.165) is 18.4 Å². The third kappa shape index (κ3) is 4.46. The van der Waals surface area contributed by atoms with Crippen LogP contribution in [0.4, 0.5) is 8.78 Å². The van der Waals surface area contributed by atoms with Crippen molar-refractivity contribution in [2.24, 2.45) is 0 Å². The van der Waals surface area contributed by atoms with Crippen LogP contribution in [0.25, 0.3) is 0 Å². The van der Waals surface area contributed by atoms with Gasteiger partial charge in [-0.05, 0) is 55.2 Å². The van der Waals surface area contributed by atoms with Crippen LogP contribution in [0.1, 0.15) is 51.9 Å². The van der Waals surface area contributed by atoms with Crippen LogP contribution in [0.3, 0.4) is 0 Å². The average molecular weight is 494 g/mol. The second-order valence-corrected chi connectivity index (χ2v) is 9.37. The lowest BCUT2D eigenvalue weighted by Gasteiger charge is -2.44. The van der Waals surface area contributed by atoms with Gasteiger partial charge in [0.05, 0.1) is 12.9 Å². The minimum atomic E-state index is -1.19. The highest BCUT2D eigenvalue weighted by Crippen LogP contribution is 2.38. The number of hydrogen-bond donors (Lipinski definition) is 2. The molecule has 10 heteroatoms. The average Bonchev–Trinajstić information content (AvgIpc) is 3.60. The molecule has 2 N–H and O–H groups in total. The number of amides is 3. The normalized spacial score (nSPS) is 19.1. The van der Waals surface area contributed by atoms with Gasteiger partial charge in [-0.15, -0.1) is 0 Å². The van der Waals surface area contributed by atoms with Crippen molar-refractivity contribution >= 4 is 17.7 Å². The standard InChI is InChI=1S/C26H25F2N5O3/c1-26(25(36)30-13-17-4-8-19(28)9-5-17)14-32-15-31-21(22(32)24(35)33(26)20-10-11-20)23(34)29-12-16-2-6-18(27)7-3-16/h2-9,15,20H,10-14H2,1H3,(H,29,34)(H,30,36)/t26-/m1/s1. The highest BCUT2D eigenvalue weighted by Gasteiger charge is 2.53. The molecule has 0 spiro atoms. The molecule has 1 fully saturated rings. The topological polar surface area (TPSA) is 96.3 Å². The number of halogens is 2. The fourth-order valence-electron chi connectivity index (χ4n) is 4.56. The Morgan fingerprint density at radius 1 is 0.972 bits per heavy atom. The van der Waals surface area contributed by atoms with Crippen molar-refractivity contribution in [3.05, 3.63) is 89.0 Å². The molecule has 1 aliphatic carbocycles. The van der Waals surface area contributed by atoms with E-state index >= 15 is 0 Å². The van der Waals surface area contributed by atoms with Gasteiger partial charge >= 0.3 is 0 Å². The molecule has 0 bridgehead atoms. The van der Waals surface area contributed by atoms with Gasteiger partial charge in [-0.2, -0.15) is 0 Å². The van der Waals surface area contributed by atoms with E-state index in [0.29, 0.717) is 5.56 Å². The summed E-state index contributed by atoms with van der Waals surface area (Å²) in [6, 6.07) is 11.5. The van der Waals surface area contributed by atoms with Gasteiger partial charge in [0.15, 0.2) is 5.69 Å². The van der Waals surface area contributed by atoms with Crippen molar-refractivity contribution < 1.29 is 23.2 Å². The Balaban J connectivity index is 1.35. The maximum Gasteiger partial charge on any atom is 0.274 e. The molecular weight excluding hydrogens is 468 g/mol.